The average molecular weight is 348 g/mol. The van der Waals surface area contributed by atoms with Crippen LogP contribution in [-0.4, -0.2) is 36.3 Å². The Morgan fingerprint density at radius 1 is 1.29 bits per heavy atom. The first-order valence-electron chi connectivity index (χ1n) is 7.43. The van der Waals surface area contributed by atoms with E-state index >= 15 is 0 Å². The minimum atomic E-state index is -0.279. The van der Waals surface area contributed by atoms with Crippen LogP contribution in [0.15, 0.2) is 24.5 Å². The summed E-state index contributed by atoms with van der Waals surface area (Å²) in [5.41, 5.74) is 1.33. The molecule has 8 nitrogen and oxygen atoms in total. The number of benzene rings is 1. The quantitative estimate of drug-likeness (QED) is 0.494. The summed E-state index contributed by atoms with van der Waals surface area (Å²) in [5.74, 6) is -0.178. The van der Waals surface area contributed by atoms with Gasteiger partial charge in [0, 0.05) is 6.61 Å². The summed E-state index contributed by atoms with van der Waals surface area (Å²) in [5, 5.41) is 22.5. The fourth-order valence-electron chi connectivity index (χ4n) is 2.73. The van der Waals surface area contributed by atoms with E-state index < -0.39 is 0 Å². The normalized spacial score (nSPS) is 17.5. The van der Waals surface area contributed by atoms with Crippen molar-refractivity contribution in [1.82, 2.24) is 19.5 Å². The van der Waals surface area contributed by atoms with Gasteiger partial charge < -0.3 is 20.3 Å². The molecule has 3 N–H and O–H groups in total. The van der Waals surface area contributed by atoms with Crippen molar-refractivity contribution in [3.05, 3.63) is 29.8 Å². The summed E-state index contributed by atoms with van der Waals surface area (Å²) >= 11 is 6.04. The molecule has 1 unspecified atom stereocenters. The second-order valence-electron chi connectivity index (χ2n) is 5.43. The summed E-state index contributed by atoms with van der Waals surface area (Å²) in [4.78, 5) is 12.7. The van der Waals surface area contributed by atoms with Gasteiger partial charge in [0.1, 0.15) is 6.23 Å². The lowest BCUT2D eigenvalue weighted by atomic mass is 10.2. The molecule has 0 spiro atoms. The summed E-state index contributed by atoms with van der Waals surface area (Å²) in [6, 6.07) is 4.59. The Morgan fingerprint density at radius 2 is 2.17 bits per heavy atom. The first-order chi connectivity index (χ1) is 11.6. The van der Waals surface area contributed by atoms with Gasteiger partial charge in [-0.1, -0.05) is 6.07 Å². The van der Waals surface area contributed by atoms with E-state index in [0.29, 0.717) is 23.6 Å². The Morgan fingerprint density at radius 3 is 2.96 bits per heavy atom. The number of ether oxygens (including phenoxy) is 1. The van der Waals surface area contributed by atoms with Gasteiger partial charge in [0.2, 0.25) is 5.28 Å². The number of halogens is 1. The lowest BCUT2D eigenvalue weighted by Crippen LogP contribution is -2.07. The number of phenolic OH excluding ortho intramolecular Hbond substituents is 2. The number of anilines is 2. The highest BCUT2D eigenvalue weighted by molar-refractivity contribution is 6.28. The van der Waals surface area contributed by atoms with Crippen molar-refractivity contribution in [1.29, 1.82) is 0 Å². The van der Waals surface area contributed by atoms with E-state index in [4.69, 9.17) is 16.3 Å². The molecular formula is C15H14ClN5O3. The summed E-state index contributed by atoms with van der Waals surface area (Å²) in [7, 11) is 0. The second kappa shape index (κ2) is 5.81. The topological polar surface area (TPSA) is 105 Å². The maximum atomic E-state index is 9.94. The molecule has 0 bridgehead atoms. The fraction of sp³-hybridized carbons (Fsp3) is 0.267. The Hall–Kier alpha value is -2.58. The van der Waals surface area contributed by atoms with Crippen LogP contribution in [0.5, 0.6) is 11.5 Å². The van der Waals surface area contributed by atoms with Crippen molar-refractivity contribution in [3.63, 3.8) is 0 Å². The predicted octanol–water partition coefficient (Wildman–Crippen LogP) is 2.94. The van der Waals surface area contributed by atoms with Crippen molar-refractivity contribution in [2.45, 2.75) is 19.1 Å². The van der Waals surface area contributed by atoms with Gasteiger partial charge in [0.15, 0.2) is 28.5 Å². The van der Waals surface area contributed by atoms with Crippen molar-refractivity contribution in [3.8, 4) is 11.5 Å². The van der Waals surface area contributed by atoms with Gasteiger partial charge in [-0.2, -0.15) is 9.97 Å². The Labute approximate surface area is 141 Å². The Balaban J connectivity index is 1.79. The lowest BCUT2D eigenvalue weighted by molar-refractivity contribution is 0.0593. The molecule has 2 aromatic heterocycles. The molecule has 124 valence electrons. The number of phenols is 2. The van der Waals surface area contributed by atoms with E-state index in [1.807, 2.05) is 4.57 Å². The number of aromatic hydroxyl groups is 2. The van der Waals surface area contributed by atoms with Crippen LogP contribution in [0, 0.1) is 0 Å². The minimum Gasteiger partial charge on any atom is -0.504 e. The molecule has 0 saturated carbocycles. The highest BCUT2D eigenvalue weighted by atomic mass is 35.5. The molecule has 1 aliphatic heterocycles. The molecule has 4 rings (SSSR count). The first-order valence-corrected chi connectivity index (χ1v) is 7.81. The number of para-hydroxylation sites is 1. The molecule has 3 aromatic rings. The fourth-order valence-corrected chi connectivity index (χ4v) is 2.89. The zero-order valence-corrected chi connectivity index (χ0v) is 13.2. The van der Waals surface area contributed by atoms with Crippen molar-refractivity contribution in [2.75, 3.05) is 11.9 Å². The van der Waals surface area contributed by atoms with Gasteiger partial charge in [-0.25, -0.2) is 4.98 Å². The zero-order chi connectivity index (χ0) is 16.7. The molecule has 0 amide bonds. The van der Waals surface area contributed by atoms with Crippen LogP contribution in [0.3, 0.4) is 0 Å². The van der Waals surface area contributed by atoms with E-state index in [-0.39, 0.29) is 28.7 Å². The highest BCUT2D eigenvalue weighted by Crippen LogP contribution is 2.36. The van der Waals surface area contributed by atoms with E-state index in [0.717, 1.165) is 12.8 Å². The monoisotopic (exact) mass is 347 g/mol. The standard InChI is InChI=1S/C15H14ClN5O3/c16-15-19-13(18-8-3-1-4-9(22)12(8)23)11-14(20-15)21(7-17-11)10-5-2-6-24-10/h1,3-4,7,10,22-23H,2,5-6H2,(H,18,19,20). The van der Waals surface area contributed by atoms with Crippen molar-refractivity contribution < 1.29 is 14.9 Å². The molecule has 1 aromatic carbocycles. The lowest BCUT2D eigenvalue weighted by Gasteiger charge is -2.12. The molecule has 1 saturated heterocycles. The maximum Gasteiger partial charge on any atom is 0.226 e. The van der Waals surface area contributed by atoms with Crippen LogP contribution in [0.4, 0.5) is 11.5 Å². The number of imidazole rings is 1. The molecule has 1 fully saturated rings. The third kappa shape index (κ3) is 2.49. The van der Waals surface area contributed by atoms with Crippen LogP contribution in [-0.2, 0) is 4.74 Å². The van der Waals surface area contributed by atoms with Crippen LogP contribution in [0.2, 0.25) is 5.28 Å². The van der Waals surface area contributed by atoms with E-state index in [9.17, 15) is 10.2 Å². The van der Waals surface area contributed by atoms with Crippen molar-refractivity contribution in [2.24, 2.45) is 0 Å². The average Bonchev–Trinajstić information content (AvgIpc) is 3.20. The van der Waals surface area contributed by atoms with Crippen LogP contribution in [0.25, 0.3) is 11.2 Å². The number of hydrogen-bond donors (Lipinski definition) is 3. The number of rotatable bonds is 3. The van der Waals surface area contributed by atoms with Gasteiger partial charge >= 0.3 is 0 Å². The molecule has 0 radical (unpaired) electrons. The Bertz CT molecular complexity index is 908. The maximum absolute atomic E-state index is 9.94. The van der Waals surface area contributed by atoms with Crippen LogP contribution >= 0.6 is 11.6 Å². The number of aromatic nitrogens is 4. The Kier molecular flexibility index (Phi) is 3.62. The molecule has 24 heavy (non-hydrogen) atoms. The largest absolute Gasteiger partial charge is 0.504 e. The van der Waals surface area contributed by atoms with Crippen LogP contribution in [0.1, 0.15) is 19.1 Å². The molecule has 3 heterocycles. The van der Waals surface area contributed by atoms with Gasteiger partial charge in [-0.15, -0.1) is 0 Å². The van der Waals surface area contributed by atoms with Gasteiger partial charge in [-0.3, -0.25) is 4.57 Å². The number of fused-ring (bicyclic) bond motifs is 1. The summed E-state index contributed by atoms with van der Waals surface area (Å²) in [6.45, 7) is 0.700. The zero-order valence-electron chi connectivity index (χ0n) is 12.5. The first kappa shape index (κ1) is 15.0. The second-order valence-corrected chi connectivity index (χ2v) is 5.77. The van der Waals surface area contributed by atoms with Gasteiger partial charge in [-0.05, 0) is 36.6 Å². The molecule has 0 aliphatic carbocycles. The van der Waals surface area contributed by atoms with Gasteiger partial charge in [0.05, 0.1) is 12.0 Å². The predicted molar refractivity (Wildman–Crippen MR) is 87.6 cm³/mol. The molecular weight excluding hydrogens is 334 g/mol. The van der Waals surface area contributed by atoms with E-state index in [2.05, 4.69) is 20.3 Å². The SMILES string of the molecule is Oc1cccc(Nc2nc(Cl)nc3c2ncn3C2CCCO2)c1O. The number of nitrogens with one attached hydrogen (secondary N) is 1. The third-order valence-electron chi connectivity index (χ3n) is 3.88. The molecule has 1 atom stereocenters. The number of hydrogen-bond acceptors (Lipinski definition) is 7. The smallest absolute Gasteiger partial charge is 0.226 e. The third-order valence-corrected chi connectivity index (χ3v) is 4.05. The molecule has 9 heteroatoms. The van der Waals surface area contributed by atoms with Gasteiger partial charge in [0.25, 0.3) is 0 Å². The van der Waals surface area contributed by atoms with E-state index in [1.54, 1.807) is 18.5 Å². The summed E-state index contributed by atoms with van der Waals surface area (Å²) in [6.07, 6.45) is 3.37. The van der Waals surface area contributed by atoms with Crippen LogP contribution < -0.4 is 5.32 Å². The molecule has 1 aliphatic rings. The number of nitrogens with zero attached hydrogens (tertiary/aromatic N) is 4. The summed E-state index contributed by atoms with van der Waals surface area (Å²) < 4.78 is 7.49. The minimum absolute atomic E-state index is 0.0457. The highest BCUT2D eigenvalue weighted by Gasteiger charge is 2.22. The van der Waals surface area contributed by atoms with E-state index in [1.165, 1.54) is 6.07 Å². The van der Waals surface area contributed by atoms with Crippen molar-refractivity contribution >= 4 is 34.3 Å².